The topological polar surface area (TPSA) is 61.4 Å². The Hall–Kier alpha value is -1.07. The van der Waals surface area contributed by atoms with Gasteiger partial charge in [-0.3, -0.25) is 0 Å². The Bertz CT molecular complexity index is 327. The summed E-state index contributed by atoms with van der Waals surface area (Å²) in [7, 11) is 1.79. The summed E-state index contributed by atoms with van der Waals surface area (Å²) in [6.07, 6.45) is 0. The molecule has 0 saturated carbocycles. The van der Waals surface area contributed by atoms with Crippen LogP contribution < -0.4 is 9.50 Å². The van der Waals surface area contributed by atoms with E-state index in [-0.39, 0.29) is 0 Å². The first kappa shape index (κ1) is 10.0. The molecule has 0 bridgehead atoms. The SMILES string of the molecule is CNc1ccc(OS(=O)[O-])c(C)c1. The first-order valence-corrected chi connectivity index (χ1v) is 4.69. The van der Waals surface area contributed by atoms with E-state index in [1.54, 1.807) is 26.1 Å². The second-order valence-corrected chi connectivity index (χ2v) is 3.09. The predicted molar refractivity (Wildman–Crippen MR) is 50.3 cm³/mol. The third-order valence-electron chi connectivity index (χ3n) is 1.62. The normalized spacial score (nSPS) is 12.2. The number of aryl methyl sites for hydroxylation is 1. The molecule has 1 aromatic rings. The molecule has 0 spiro atoms. The van der Waals surface area contributed by atoms with Crippen molar-refractivity contribution in [2.24, 2.45) is 0 Å². The van der Waals surface area contributed by atoms with Crippen molar-refractivity contribution < 1.29 is 12.9 Å². The quantitative estimate of drug-likeness (QED) is 0.745. The fourth-order valence-corrected chi connectivity index (χ4v) is 1.31. The molecule has 0 aliphatic carbocycles. The van der Waals surface area contributed by atoms with Crippen LogP contribution in [0.5, 0.6) is 5.75 Å². The number of rotatable bonds is 3. The van der Waals surface area contributed by atoms with Gasteiger partial charge in [0.1, 0.15) is 17.1 Å². The Balaban J connectivity index is 2.91. The number of benzene rings is 1. The lowest BCUT2D eigenvalue weighted by molar-refractivity contribution is 0.439. The van der Waals surface area contributed by atoms with E-state index in [4.69, 9.17) is 0 Å². The molecule has 0 radical (unpaired) electrons. The summed E-state index contributed by atoms with van der Waals surface area (Å²) in [5.74, 6) is 0.354. The highest BCUT2D eigenvalue weighted by Crippen LogP contribution is 2.21. The van der Waals surface area contributed by atoms with E-state index in [2.05, 4.69) is 9.50 Å². The zero-order valence-corrected chi connectivity index (χ0v) is 8.18. The van der Waals surface area contributed by atoms with E-state index in [0.717, 1.165) is 11.3 Å². The highest BCUT2D eigenvalue weighted by molar-refractivity contribution is 7.74. The first-order valence-electron chi connectivity index (χ1n) is 3.69. The summed E-state index contributed by atoms with van der Waals surface area (Å²) in [6, 6.07) is 5.16. The van der Waals surface area contributed by atoms with Crippen LogP contribution in [0.4, 0.5) is 5.69 Å². The lowest BCUT2D eigenvalue weighted by Gasteiger charge is -2.10. The van der Waals surface area contributed by atoms with Crippen LogP contribution in [0.15, 0.2) is 18.2 Å². The van der Waals surface area contributed by atoms with E-state index < -0.39 is 11.4 Å². The summed E-state index contributed by atoms with van der Waals surface area (Å²) >= 11 is -2.51. The molecular weight excluding hydrogens is 190 g/mol. The van der Waals surface area contributed by atoms with Crippen molar-refractivity contribution in [2.45, 2.75) is 6.92 Å². The van der Waals surface area contributed by atoms with Gasteiger partial charge in [0, 0.05) is 12.7 Å². The van der Waals surface area contributed by atoms with Crippen LogP contribution in [0, 0.1) is 6.92 Å². The summed E-state index contributed by atoms with van der Waals surface area (Å²) in [6.45, 7) is 1.78. The molecular formula is C8H10NO3S-. The van der Waals surface area contributed by atoms with Gasteiger partial charge >= 0.3 is 0 Å². The lowest BCUT2D eigenvalue weighted by atomic mass is 10.2. The highest BCUT2D eigenvalue weighted by atomic mass is 32.2. The van der Waals surface area contributed by atoms with Gasteiger partial charge in [-0.05, 0) is 30.7 Å². The zero-order valence-electron chi connectivity index (χ0n) is 7.37. The first-order chi connectivity index (χ1) is 6.13. The molecule has 0 aliphatic heterocycles. The molecule has 1 N–H and O–H groups in total. The largest absolute Gasteiger partial charge is 0.740 e. The molecule has 0 fully saturated rings. The second-order valence-electron chi connectivity index (χ2n) is 2.52. The highest BCUT2D eigenvalue weighted by Gasteiger charge is 2.00. The van der Waals surface area contributed by atoms with Crippen LogP contribution in [0.25, 0.3) is 0 Å². The monoisotopic (exact) mass is 200 g/mol. The van der Waals surface area contributed by atoms with Gasteiger partial charge in [0.2, 0.25) is 0 Å². The van der Waals surface area contributed by atoms with Gasteiger partial charge in [-0.15, -0.1) is 0 Å². The van der Waals surface area contributed by atoms with Crippen LogP contribution >= 0.6 is 0 Å². The Kier molecular flexibility index (Phi) is 3.27. The summed E-state index contributed by atoms with van der Waals surface area (Å²) in [4.78, 5) is 0. The second kappa shape index (κ2) is 4.25. The average molecular weight is 200 g/mol. The predicted octanol–water partition coefficient (Wildman–Crippen LogP) is 1.21. The van der Waals surface area contributed by atoms with Gasteiger partial charge in [-0.2, -0.15) is 0 Å². The summed E-state index contributed by atoms with van der Waals surface area (Å²) in [5.41, 5.74) is 1.69. The van der Waals surface area contributed by atoms with Gasteiger partial charge in [0.15, 0.2) is 0 Å². The van der Waals surface area contributed by atoms with Crippen molar-refractivity contribution in [3.05, 3.63) is 23.8 Å². The molecule has 1 atom stereocenters. The van der Waals surface area contributed by atoms with Crippen LogP contribution in [0.3, 0.4) is 0 Å². The van der Waals surface area contributed by atoms with E-state index in [0.29, 0.717) is 5.75 Å². The lowest BCUT2D eigenvalue weighted by Crippen LogP contribution is -2.00. The molecule has 0 aromatic heterocycles. The van der Waals surface area contributed by atoms with Gasteiger partial charge in [0.05, 0.1) is 0 Å². The van der Waals surface area contributed by atoms with Gasteiger partial charge in [-0.1, -0.05) is 0 Å². The molecule has 0 aliphatic rings. The van der Waals surface area contributed by atoms with Crippen LogP contribution in [-0.2, 0) is 11.4 Å². The van der Waals surface area contributed by atoms with Crippen molar-refractivity contribution in [3.63, 3.8) is 0 Å². The molecule has 1 rings (SSSR count). The maximum absolute atomic E-state index is 10.2. The van der Waals surface area contributed by atoms with Crippen molar-refractivity contribution in [3.8, 4) is 5.75 Å². The maximum Gasteiger partial charge on any atom is 0.142 e. The minimum absolute atomic E-state index is 0.354. The van der Waals surface area contributed by atoms with E-state index in [9.17, 15) is 8.76 Å². The molecule has 13 heavy (non-hydrogen) atoms. The minimum atomic E-state index is -2.51. The van der Waals surface area contributed by atoms with E-state index >= 15 is 0 Å². The van der Waals surface area contributed by atoms with E-state index in [1.165, 1.54) is 0 Å². The molecule has 0 amide bonds. The fraction of sp³-hybridized carbons (Fsp3) is 0.250. The number of anilines is 1. The molecule has 72 valence electrons. The molecule has 1 unspecified atom stereocenters. The Labute approximate surface area is 79.4 Å². The molecule has 0 saturated heterocycles. The zero-order chi connectivity index (χ0) is 9.84. The maximum atomic E-state index is 10.2. The number of nitrogens with one attached hydrogen (secondary N) is 1. The molecule has 4 nitrogen and oxygen atoms in total. The summed E-state index contributed by atoms with van der Waals surface area (Å²) in [5, 5.41) is 2.94. The minimum Gasteiger partial charge on any atom is -0.740 e. The standard InChI is InChI=1S/C8H11NO3S/c1-6-5-7(9-2)3-4-8(6)12-13(10)11/h3-5,9H,1-2H3,(H,10,11)/p-1. The van der Waals surface area contributed by atoms with Crippen molar-refractivity contribution in [1.82, 2.24) is 0 Å². The molecule has 5 heteroatoms. The Morgan fingerprint density at radius 2 is 2.23 bits per heavy atom. The van der Waals surface area contributed by atoms with Gasteiger partial charge < -0.3 is 14.1 Å². The van der Waals surface area contributed by atoms with Crippen molar-refractivity contribution >= 4 is 17.0 Å². The smallest absolute Gasteiger partial charge is 0.142 e. The Morgan fingerprint density at radius 3 is 2.69 bits per heavy atom. The van der Waals surface area contributed by atoms with Crippen LogP contribution in [-0.4, -0.2) is 15.8 Å². The van der Waals surface area contributed by atoms with Crippen molar-refractivity contribution in [2.75, 3.05) is 12.4 Å². The number of hydrogen-bond acceptors (Lipinski definition) is 4. The molecule has 0 heterocycles. The van der Waals surface area contributed by atoms with Crippen LogP contribution in [0.1, 0.15) is 5.56 Å². The summed E-state index contributed by atoms with van der Waals surface area (Å²) < 4.78 is 25.0. The van der Waals surface area contributed by atoms with E-state index in [1.807, 2.05) is 6.07 Å². The van der Waals surface area contributed by atoms with Gasteiger partial charge in [-0.25, -0.2) is 4.21 Å². The van der Waals surface area contributed by atoms with Crippen LogP contribution in [0.2, 0.25) is 0 Å². The Morgan fingerprint density at radius 1 is 1.54 bits per heavy atom. The van der Waals surface area contributed by atoms with Crippen molar-refractivity contribution in [1.29, 1.82) is 0 Å². The number of hydrogen-bond donors (Lipinski definition) is 1. The third kappa shape index (κ3) is 2.71. The average Bonchev–Trinajstić information content (AvgIpc) is 2.08. The molecule has 1 aromatic carbocycles. The van der Waals surface area contributed by atoms with Gasteiger partial charge in [0.25, 0.3) is 0 Å². The third-order valence-corrected chi connectivity index (χ3v) is 1.94. The fourth-order valence-electron chi connectivity index (χ4n) is 0.972.